The molecule has 1 aromatic carbocycles. The van der Waals surface area contributed by atoms with Crippen molar-refractivity contribution in [3.05, 3.63) is 63.1 Å². The summed E-state index contributed by atoms with van der Waals surface area (Å²) in [5, 5.41) is 13.5. The molecule has 0 spiro atoms. The lowest BCUT2D eigenvalue weighted by atomic mass is 10.1. The van der Waals surface area contributed by atoms with Crippen molar-refractivity contribution in [2.45, 2.75) is 6.04 Å². The summed E-state index contributed by atoms with van der Waals surface area (Å²) in [6.07, 6.45) is 1.58. The summed E-state index contributed by atoms with van der Waals surface area (Å²) in [5.41, 5.74) is 0.0435. The zero-order chi connectivity index (χ0) is 17.0. The van der Waals surface area contributed by atoms with E-state index in [2.05, 4.69) is 5.32 Å². The largest absolute Gasteiger partial charge is 0.463 e. The highest BCUT2D eigenvalue weighted by molar-refractivity contribution is 6.34. The average molecular weight is 339 g/mol. The van der Waals surface area contributed by atoms with E-state index < -0.39 is 4.92 Å². The Morgan fingerprint density at radius 2 is 2.17 bits per heavy atom. The highest BCUT2D eigenvalue weighted by Crippen LogP contribution is 2.22. The molecule has 0 radical (unpaired) electrons. The summed E-state index contributed by atoms with van der Waals surface area (Å²) in [5.74, 6) is 0.378. The molecule has 0 bridgehead atoms. The first-order valence-corrected chi connectivity index (χ1v) is 7.33. The minimum Gasteiger partial charge on any atom is -0.463 e. The monoisotopic (exact) mass is 338 g/mol. The Kier molecular flexibility index (Phi) is 5.36. The number of halogens is 1. The van der Waals surface area contributed by atoms with E-state index in [-0.39, 0.29) is 28.2 Å². The summed E-state index contributed by atoms with van der Waals surface area (Å²) in [7, 11) is 3.91. The minimum absolute atomic E-state index is 0.0449. The van der Waals surface area contributed by atoms with Crippen LogP contribution in [0.3, 0.4) is 0 Å². The maximum Gasteiger partial charge on any atom is 0.270 e. The van der Waals surface area contributed by atoms with Gasteiger partial charge in [0, 0.05) is 12.1 Å². The van der Waals surface area contributed by atoms with Crippen LogP contribution >= 0.6 is 11.6 Å². The Morgan fingerprint density at radius 3 is 2.70 bits per heavy atom. The number of nitrogens with one attached hydrogen (secondary N) is 2. The molecule has 8 heteroatoms. The first kappa shape index (κ1) is 17.0. The second-order valence-electron chi connectivity index (χ2n) is 5.28. The zero-order valence-electron chi connectivity index (χ0n) is 12.7. The van der Waals surface area contributed by atoms with E-state index in [9.17, 15) is 14.9 Å². The summed E-state index contributed by atoms with van der Waals surface area (Å²) in [4.78, 5) is 23.5. The lowest BCUT2D eigenvalue weighted by Gasteiger charge is -2.19. The smallest absolute Gasteiger partial charge is 0.270 e. The normalized spacial score (nSPS) is 12.2. The van der Waals surface area contributed by atoms with Crippen molar-refractivity contribution < 1.29 is 19.0 Å². The summed E-state index contributed by atoms with van der Waals surface area (Å²) in [6, 6.07) is 7.36. The lowest BCUT2D eigenvalue weighted by Crippen LogP contribution is -3.07. The van der Waals surface area contributed by atoms with Gasteiger partial charge in [-0.3, -0.25) is 14.9 Å². The van der Waals surface area contributed by atoms with Gasteiger partial charge in [-0.1, -0.05) is 11.6 Å². The fraction of sp³-hybridized carbons (Fsp3) is 0.267. The molecule has 2 aromatic rings. The van der Waals surface area contributed by atoms with Gasteiger partial charge in [0.1, 0.15) is 0 Å². The number of non-ortho nitro benzene ring substituents is 1. The molecule has 0 saturated heterocycles. The number of carbonyl (C=O) groups is 1. The predicted molar refractivity (Wildman–Crippen MR) is 84.7 cm³/mol. The van der Waals surface area contributed by atoms with Crippen LogP contribution in [0.2, 0.25) is 5.02 Å². The highest BCUT2D eigenvalue weighted by Gasteiger charge is 2.22. The first-order chi connectivity index (χ1) is 10.9. The van der Waals surface area contributed by atoms with Gasteiger partial charge in [-0.15, -0.1) is 0 Å². The molecule has 0 unspecified atom stereocenters. The van der Waals surface area contributed by atoms with E-state index in [1.807, 2.05) is 20.2 Å². The number of hydrogen-bond acceptors (Lipinski definition) is 4. The fourth-order valence-corrected chi connectivity index (χ4v) is 2.43. The van der Waals surface area contributed by atoms with Crippen molar-refractivity contribution in [2.75, 3.05) is 20.6 Å². The van der Waals surface area contributed by atoms with Gasteiger partial charge in [0.25, 0.3) is 11.6 Å². The molecule has 7 nitrogen and oxygen atoms in total. The molecular formula is C15H17ClN3O4+. The maximum atomic E-state index is 12.2. The molecule has 2 rings (SSSR count). The highest BCUT2D eigenvalue weighted by atomic mass is 35.5. The zero-order valence-corrected chi connectivity index (χ0v) is 13.5. The van der Waals surface area contributed by atoms with Crippen LogP contribution in [0.5, 0.6) is 0 Å². The van der Waals surface area contributed by atoms with Gasteiger partial charge < -0.3 is 14.6 Å². The molecule has 1 amide bonds. The molecule has 2 N–H and O–H groups in total. The van der Waals surface area contributed by atoms with Crippen molar-refractivity contribution in [1.29, 1.82) is 0 Å². The number of nitro groups is 1. The van der Waals surface area contributed by atoms with Crippen LogP contribution in [0.1, 0.15) is 22.2 Å². The van der Waals surface area contributed by atoms with Gasteiger partial charge in [-0.25, -0.2) is 0 Å². The number of nitrogens with zero attached hydrogens (tertiary/aromatic N) is 1. The molecule has 1 heterocycles. The van der Waals surface area contributed by atoms with Crippen LogP contribution < -0.4 is 10.2 Å². The van der Waals surface area contributed by atoms with Gasteiger partial charge in [0.2, 0.25) is 0 Å². The number of hydrogen-bond donors (Lipinski definition) is 2. The molecule has 0 aliphatic rings. The van der Waals surface area contributed by atoms with Crippen molar-refractivity contribution in [3.8, 4) is 0 Å². The number of likely N-dealkylation sites (N-methyl/N-ethyl adjacent to an activating group) is 1. The molecule has 1 aromatic heterocycles. The molecular weight excluding hydrogens is 322 g/mol. The van der Waals surface area contributed by atoms with Gasteiger partial charge >= 0.3 is 0 Å². The van der Waals surface area contributed by atoms with E-state index in [0.717, 1.165) is 16.7 Å². The SMILES string of the molecule is C[NH+](C)[C@H](CNC(=O)c1ccc([N+](=O)[O-])cc1Cl)c1ccco1. The van der Waals surface area contributed by atoms with Crippen molar-refractivity contribution in [3.63, 3.8) is 0 Å². The predicted octanol–water partition coefficient (Wildman–Crippen LogP) is 1.46. The number of amides is 1. The quantitative estimate of drug-likeness (QED) is 0.616. The standard InChI is InChI=1S/C15H16ClN3O4/c1-18(2)13(14-4-3-7-23-14)9-17-15(20)11-6-5-10(19(21)22)8-12(11)16/h3-8,13H,9H2,1-2H3,(H,17,20)/p+1/t13-/m1/s1. The van der Waals surface area contributed by atoms with E-state index in [0.29, 0.717) is 6.54 Å². The van der Waals surface area contributed by atoms with Gasteiger partial charge in [-0.05, 0) is 18.2 Å². The fourth-order valence-electron chi connectivity index (χ4n) is 2.17. The Morgan fingerprint density at radius 1 is 1.43 bits per heavy atom. The second-order valence-corrected chi connectivity index (χ2v) is 5.68. The third-order valence-electron chi connectivity index (χ3n) is 3.46. The summed E-state index contributed by atoms with van der Waals surface area (Å²) < 4.78 is 5.39. The summed E-state index contributed by atoms with van der Waals surface area (Å²) >= 11 is 5.96. The molecule has 0 saturated carbocycles. The Bertz CT molecular complexity index is 701. The van der Waals surface area contributed by atoms with Gasteiger partial charge in [0.05, 0.1) is 42.4 Å². The number of benzene rings is 1. The van der Waals surface area contributed by atoms with Crippen LogP contribution in [0.15, 0.2) is 41.0 Å². The third-order valence-corrected chi connectivity index (χ3v) is 3.77. The molecule has 0 fully saturated rings. The van der Waals surface area contributed by atoms with Crippen molar-refractivity contribution in [2.24, 2.45) is 0 Å². The Balaban J connectivity index is 2.08. The minimum atomic E-state index is -0.560. The maximum absolute atomic E-state index is 12.2. The first-order valence-electron chi connectivity index (χ1n) is 6.95. The lowest BCUT2D eigenvalue weighted by molar-refractivity contribution is -0.891. The van der Waals surface area contributed by atoms with Crippen LogP contribution in [0, 0.1) is 10.1 Å². The molecule has 23 heavy (non-hydrogen) atoms. The third kappa shape index (κ3) is 4.08. The van der Waals surface area contributed by atoms with Crippen LogP contribution in [-0.4, -0.2) is 31.5 Å². The van der Waals surface area contributed by atoms with Crippen LogP contribution in [0.25, 0.3) is 0 Å². The number of nitro benzene ring substituents is 1. The topological polar surface area (TPSA) is 89.8 Å². The van der Waals surface area contributed by atoms with Crippen LogP contribution in [0.4, 0.5) is 5.69 Å². The van der Waals surface area contributed by atoms with Crippen molar-refractivity contribution in [1.82, 2.24) is 5.32 Å². The van der Waals surface area contributed by atoms with E-state index in [4.69, 9.17) is 16.0 Å². The summed E-state index contributed by atoms with van der Waals surface area (Å²) in [6.45, 7) is 0.349. The van der Waals surface area contributed by atoms with E-state index in [1.165, 1.54) is 12.1 Å². The molecule has 1 atom stereocenters. The Labute approximate surface area is 138 Å². The number of rotatable bonds is 6. The number of furan rings is 1. The number of carbonyl (C=O) groups excluding carboxylic acids is 1. The average Bonchev–Trinajstić information content (AvgIpc) is 3.00. The van der Waals surface area contributed by atoms with E-state index in [1.54, 1.807) is 12.3 Å². The van der Waals surface area contributed by atoms with Gasteiger partial charge in [-0.2, -0.15) is 0 Å². The number of quaternary nitrogens is 1. The molecule has 122 valence electrons. The molecule has 0 aliphatic heterocycles. The van der Waals surface area contributed by atoms with E-state index >= 15 is 0 Å². The molecule has 0 aliphatic carbocycles. The Hall–Kier alpha value is -2.38. The van der Waals surface area contributed by atoms with Crippen molar-refractivity contribution >= 4 is 23.2 Å². The van der Waals surface area contributed by atoms with Gasteiger partial charge in [0.15, 0.2) is 11.8 Å². The van der Waals surface area contributed by atoms with Crippen LogP contribution in [-0.2, 0) is 0 Å². The second kappa shape index (κ2) is 7.26.